The van der Waals surface area contributed by atoms with Gasteiger partial charge < -0.3 is 9.84 Å². The zero-order valence-corrected chi connectivity index (χ0v) is 23.0. The van der Waals surface area contributed by atoms with Gasteiger partial charge in [-0.25, -0.2) is 4.79 Å². The molecule has 0 bridgehead atoms. The van der Waals surface area contributed by atoms with E-state index >= 15 is 0 Å². The molecule has 1 aliphatic rings. The van der Waals surface area contributed by atoms with Crippen molar-refractivity contribution in [2.75, 3.05) is 6.61 Å². The predicted octanol–water partition coefficient (Wildman–Crippen LogP) is 8.89. The molecule has 1 aliphatic carbocycles. The highest BCUT2D eigenvalue weighted by molar-refractivity contribution is 5.89. The minimum atomic E-state index is -0.612. The summed E-state index contributed by atoms with van der Waals surface area (Å²) in [6.07, 6.45) is 11.9. The molecule has 1 N–H and O–H groups in total. The van der Waals surface area contributed by atoms with Crippen molar-refractivity contribution in [3.05, 3.63) is 90.0 Å². The number of benzene rings is 3. The summed E-state index contributed by atoms with van der Waals surface area (Å²) >= 11 is 0. The number of rotatable bonds is 11. The quantitative estimate of drug-likeness (QED) is 0.121. The highest BCUT2D eigenvalue weighted by atomic mass is 16.5. The van der Waals surface area contributed by atoms with Gasteiger partial charge in [0, 0.05) is 0 Å². The Labute approximate surface area is 228 Å². The van der Waals surface area contributed by atoms with Gasteiger partial charge >= 0.3 is 5.97 Å². The minimum absolute atomic E-state index is 0.0375. The van der Waals surface area contributed by atoms with Crippen molar-refractivity contribution >= 4 is 5.97 Å². The van der Waals surface area contributed by atoms with Crippen LogP contribution in [-0.4, -0.2) is 17.7 Å². The molecule has 3 heteroatoms. The van der Waals surface area contributed by atoms with Gasteiger partial charge in [-0.05, 0) is 89.5 Å². The van der Waals surface area contributed by atoms with Crippen LogP contribution in [0.5, 0.6) is 5.75 Å². The number of ether oxygens (including phenoxy) is 1. The number of aliphatic hydroxyl groups excluding tert-OH is 1. The van der Waals surface area contributed by atoms with Crippen molar-refractivity contribution in [1.82, 2.24) is 0 Å². The van der Waals surface area contributed by atoms with E-state index < -0.39 is 12.6 Å². The largest absolute Gasteiger partial charge is 0.423 e. The first kappa shape index (κ1) is 27.9. The molecular weight excluding hydrogens is 468 g/mol. The number of aryl methyl sites for hydroxylation is 1. The maximum absolute atomic E-state index is 11.8. The van der Waals surface area contributed by atoms with Crippen LogP contribution in [0.1, 0.15) is 82.3 Å². The fourth-order valence-electron chi connectivity index (χ4n) is 5.71. The Morgan fingerprint density at radius 2 is 1.53 bits per heavy atom. The lowest BCUT2D eigenvalue weighted by molar-refractivity contribution is -0.130. The lowest BCUT2D eigenvalue weighted by atomic mass is 9.77. The Kier molecular flexibility index (Phi) is 9.95. The lowest BCUT2D eigenvalue weighted by Gasteiger charge is -2.29. The summed E-state index contributed by atoms with van der Waals surface area (Å²) in [5.41, 5.74) is 7.61. The van der Waals surface area contributed by atoms with Gasteiger partial charge in [-0.3, -0.25) is 0 Å². The molecule has 0 atom stereocenters. The first-order valence-electron chi connectivity index (χ1n) is 14.4. The van der Waals surface area contributed by atoms with Gasteiger partial charge in [-0.15, -0.1) is 0 Å². The predicted molar refractivity (Wildman–Crippen MR) is 157 cm³/mol. The molecule has 38 heavy (non-hydrogen) atoms. The summed E-state index contributed by atoms with van der Waals surface area (Å²) in [6.45, 7) is 7.59. The second kappa shape index (κ2) is 13.6. The Hall–Kier alpha value is -3.17. The van der Waals surface area contributed by atoms with Crippen molar-refractivity contribution in [3.8, 4) is 28.0 Å². The van der Waals surface area contributed by atoms with Gasteiger partial charge in [0.25, 0.3) is 0 Å². The maximum atomic E-state index is 11.8. The molecule has 3 aromatic carbocycles. The van der Waals surface area contributed by atoms with Crippen LogP contribution >= 0.6 is 0 Å². The number of carbonyl (C=O) groups excluding carboxylic acids is 1. The molecule has 0 spiro atoms. The highest BCUT2D eigenvalue weighted by Gasteiger charge is 2.22. The van der Waals surface area contributed by atoms with Gasteiger partial charge in [0.15, 0.2) is 0 Å². The number of aliphatic hydroxyl groups is 1. The number of carbonyl (C=O) groups is 1. The van der Waals surface area contributed by atoms with E-state index in [9.17, 15) is 4.79 Å². The Balaban J connectivity index is 1.41. The first-order chi connectivity index (χ1) is 18.5. The average Bonchev–Trinajstić information content (AvgIpc) is 2.97. The van der Waals surface area contributed by atoms with E-state index in [0.717, 1.165) is 23.5 Å². The van der Waals surface area contributed by atoms with Crippen molar-refractivity contribution in [3.63, 3.8) is 0 Å². The van der Waals surface area contributed by atoms with Crippen molar-refractivity contribution < 1.29 is 14.6 Å². The first-order valence-corrected chi connectivity index (χ1v) is 14.4. The SMILES string of the molecule is C=C(CO)C(=O)Oc1ccc(-c2ccc(-c3ccc(C4CCC(CCCCC)CC4)cc3)c(CC)c2)cc1. The van der Waals surface area contributed by atoms with Gasteiger partial charge in [0.05, 0.1) is 12.2 Å². The van der Waals surface area contributed by atoms with Crippen LogP contribution < -0.4 is 4.74 Å². The van der Waals surface area contributed by atoms with E-state index in [-0.39, 0.29) is 5.57 Å². The molecule has 3 aromatic rings. The molecule has 0 saturated heterocycles. The monoisotopic (exact) mass is 510 g/mol. The second-order valence-electron chi connectivity index (χ2n) is 10.7. The maximum Gasteiger partial charge on any atom is 0.341 e. The van der Waals surface area contributed by atoms with Crippen molar-refractivity contribution in [2.24, 2.45) is 5.92 Å². The molecular formula is C35H42O3. The van der Waals surface area contributed by atoms with Gasteiger partial charge in [0.2, 0.25) is 0 Å². The second-order valence-corrected chi connectivity index (χ2v) is 10.7. The fourth-order valence-corrected chi connectivity index (χ4v) is 5.71. The third-order valence-corrected chi connectivity index (χ3v) is 8.12. The molecule has 0 aliphatic heterocycles. The molecule has 4 rings (SSSR count). The van der Waals surface area contributed by atoms with Gasteiger partial charge in [-0.1, -0.05) is 101 Å². The van der Waals surface area contributed by atoms with Gasteiger partial charge in [0.1, 0.15) is 5.75 Å². The summed E-state index contributed by atoms with van der Waals surface area (Å²) in [5.74, 6) is 1.48. The van der Waals surface area contributed by atoms with Crippen LogP contribution in [0.25, 0.3) is 22.3 Å². The Bertz CT molecular complexity index is 1200. The fraction of sp³-hybridized carbons (Fsp3) is 0.400. The third-order valence-electron chi connectivity index (χ3n) is 8.12. The van der Waals surface area contributed by atoms with Crippen LogP contribution in [0.3, 0.4) is 0 Å². The molecule has 3 nitrogen and oxygen atoms in total. The number of unbranched alkanes of at least 4 members (excludes halogenated alkanes) is 2. The summed E-state index contributed by atoms with van der Waals surface area (Å²) < 4.78 is 5.26. The third kappa shape index (κ3) is 7.02. The number of hydrogen-bond donors (Lipinski definition) is 1. The molecule has 0 radical (unpaired) electrons. The van der Waals surface area contributed by atoms with E-state index in [4.69, 9.17) is 9.84 Å². The van der Waals surface area contributed by atoms with Crippen LogP contribution in [-0.2, 0) is 11.2 Å². The standard InChI is InChI=1S/C35H42O3/c1-4-6-7-8-26-9-11-28(12-10-26)29-13-15-31(16-14-29)34-22-19-32(23-27(34)5-2)30-17-20-33(21-18-30)38-35(37)25(3)24-36/h13-23,26,28,36H,3-12,24H2,1-2H3. The summed E-state index contributed by atoms with van der Waals surface area (Å²) in [5, 5.41) is 9.04. The molecule has 1 fully saturated rings. The normalized spacial score (nSPS) is 17.2. The lowest BCUT2D eigenvalue weighted by Crippen LogP contribution is -2.13. The summed E-state index contributed by atoms with van der Waals surface area (Å²) in [7, 11) is 0. The zero-order chi connectivity index (χ0) is 26.9. The van der Waals surface area contributed by atoms with Crippen LogP contribution in [0.2, 0.25) is 0 Å². The molecule has 1 saturated carbocycles. The topological polar surface area (TPSA) is 46.5 Å². The van der Waals surface area contributed by atoms with Gasteiger partial charge in [-0.2, -0.15) is 0 Å². The average molecular weight is 511 g/mol. The van der Waals surface area contributed by atoms with Crippen molar-refractivity contribution in [2.45, 2.75) is 77.6 Å². The van der Waals surface area contributed by atoms with Crippen LogP contribution in [0.15, 0.2) is 78.9 Å². The van der Waals surface area contributed by atoms with E-state index in [1.54, 1.807) is 12.1 Å². The number of esters is 1. The van der Waals surface area contributed by atoms with E-state index in [0.29, 0.717) is 11.7 Å². The van der Waals surface area contributed by atoms with E-state index in [1.165, 1.54) is 73.6 Å². The van der Waals surface area contributed by atoms with Crippen molar-refractivity contribution in [1.29, 1.82) is 0 Å². The Morgan fingerprint density at radius 3 is 2.16 bits per heavy atom. The highest BCUT2D eigenvalue weighted by Crippen LogP contribution is 2.39. The minimum Gasteiger partial charge on any atom is -0.423 e. The number of hydrogen-bond acceptors (Lipinski definition) is 3. The van der Waals surface area contributed by atoms with Crippen LogP contribution in [0.4, 0.5) is 0 Å². The summed E-state index contributed by atoms with van der Waals surface area (Å²) in [6, 6.07) is 23.4. The zero-order valence-electron chi connectivity index (χ0n) is 23.0. The van der Waals surface area contributed by atoms with Crippen LogP contribution in [0, 0.1) is 5.92 Å². The smallest absolute Gasteiger partial charge is 0.341 e. The summed E-state index contributed by atoms with van der Waals surface area (Å²) in [4.78, 5) is 11.8. The molecule has 0 amide bonds. The Morgan fingerprint density at radius 1 is 0.868 bits per heavy atom. The molecule has 0 aromatic heterocycles. The molecule has 0 unspecified atom stereocenters. The molecule has 200 valence electrons. The molecule has 0 heterocycles. The van der Waals surface area contributed by atoms with E-state index in [2.05, 4.69) is 62.9 Å². The van der Waals surface area contributed by atoms with E-state index in [1.807, 2.05) is 12.1 Å².